The minimum absolute atomic E-state index is 0.0474. The van der Waals surface area contributed by atoms with Crippen LogP contribution in [0.2, 0.25) is 0 Å². The maximum Gasteiger partial charge on any atom is 0.193 e. The van der Waals surface area contributed by atoms with Crippen molar-refractivity contribution >= 4 is 17.3 Å². The molecule has 80 valence electrons. The molecule has 0 aliphatic heterocycles. The van der Waals surface area contributed by atoms with Crippen LogP contribution in [0.25, 0.3) is 0 Å². The van der Waals surface area contributed by atoms with Crippen molar-refractivity contribution in [3.05, 3.63) is 40.7 Å². The van der Waals surface area contributed by atoms with Gasteiger partial charge in [-0.2, -0.15) is 0 Å². The van der Waals surface area contributed by atoms with Gasteiger partial charge in [0.05, 0.1) is 11.6 Å². The van der Waals surface area contributed by atoms with E-state index in [0.29, 0.717) is 5.69 Å². The van der Waals surface area contributed by atoms with Crippen molar-refractivity contribution in [1.29, 1.82) is 0 Å². The van der Waals surface area contributed by atoms with E-state index in [9.17, 15) is 4.79 Å². The molecular weight excluding hydrogens is 222 g/mol. The summed E-state index contributed by atoms with van der Waals surface area (Å²) < 4.78 is 3.72. The molecule has 0 amide bonds. The van der Waals surface area contributed by atoms with Crippen LogP contribution in [0.5, 0.6) is 0 Å². The van der Waals surface area contributed by atoms with E-state index in [1.807, 2.05) is 12.1 Å². The van der Waals surface area contributed by atoms with Crippen LogP contribution in [-0.4, -0.2) is 20.4 Å². The number of hydrogen-bond donors (Lipinski definition) is 0. The lowest BCUT2D eigenvalue weighted by molar-refractivity contribution is 0.0953. The molecule has 0 N–H and O–H groups in total. The van der Waals surface area contributed by atoms with E-state index in [0.717, 1.165) is 18.5 Å². The van der Waals surface area contributed by atoms with Gasteiger partial charge in [-0.3, -0.25) is 9.78 Å². The van der Waals surface area contributed by atoms with Crippen LogP contribution in [-0.2, 0) is 6.42 Å². The summed E-state index contributed by atoms with van der Waals surface area (Å²) in [5.41, 5.74) is 2.57. The van der Waals surface area contributed by atoms with Crippen molar-refractivity contribution in [3.63, 3.8) is 0 Å². The molecule has 4 nitrogen and oxygen atoms in total. The molecule has 16 heavy (non-hydrogen) atoms. The van der Waals surface area contributed by atoms with Crippen molar-refractivity contribution in [2.45, 2.75) is 18.8 Å². The largest absolute Gasteiger partial charge is 0.292 e. The summed E-state index contributed by atoms with van der Waals surface area (Å²) in [4.78, 5) is 16.4. The van der Waals surface area contributed by atoms with E-state index in [-0.39, 0.29) is 11.7 Å². The van der Waals surface area contributed by atoms with E-state index in [2.05, 4.69) is 14.6 Å². The molecule has 3 rings (SSSR count). The van der Waals surface area contributed by atoms with Crippen molar-refractivity contribution in [1.82, 2.24) is 14.6 Å². The number of carbonyl (C=O) groups excluding carboxylic acids is 1. The predicted molar refractivity (Wildman–Crippen MR) is 59.5 cm³/mol. The first-order chi connectivity index (χ1) is 7.86. The lowest BCUT2D eigenvalue weighted by atomic mass is 9.99. The van der Waals surface area contributed by atoms with Crippen LogP contribution in [0.4, 0.5) is 0 Å². The summed E-state index contributed by atoms with van der Waals surface area (Å²) >= 11 is 1.21. The molecule has 1 atom stereocenters. The third kappa shape index (κ3) is 1.44. The zero-order chi connectivity index (χ0) is 11.0. The van der Waals surface area contributed by atoms with E-state index < -0.39 is 0 Å². The van der Waals surface area contributed by atoms with Crippen LogP contribution < -0.4 is 0 Å². The Morgan fingerprint density at radius 3 is 3.25 bits per heavy atom. The van der Waals surface area contributed by atoms with Crippen molar-refractivity contribution in [3.8, 4) is 0 Å². The van der Waals surface area contributed by atoms with Gasteiger partial charge in [0.25, 0.3) is 0 Å². The zero-order valence-electron chi connectivity index (χ0n) is 8.46. The van der Waals surface area contributed by atoms with Crippen molar-refractivity contribution in [2.24, 2.45) is 0 Å². The first kappa shape index (κ1) is 9.59. The average Bonchev–Trinajstić information content (AvgIpc) is 2.98. The summed E-state index contributed by atoms with van der Waals surface area (Å²) in [6.07, 6.45) is 3.50. The number of pyridine rings is 1. The number of aromatic nitrogens is 3. The molecule has 0 saturated heterocycles. The van der Waals surface area contributed by atoms with Crippen LogP contribution in [0.3, 0.4) is 0 Å². The van der Waals surface area contributed by atoms with Gasteiger partial charge in [-0.25, -0.2) is 0 Å². The monoisotopic (exact) mass is 231 g/mol. The zero-order valence-corrected chi connectivity index (χ0v) is 9.28. The molecule has 0 radical (unpaired) electrons. The molecule has 1 aliphatic rings. The number of fused-ring (bicyclic) bond motifs is 1. The SMILES string of the molecule is O=C(c1csnn1)C1CCc2cccnc21. The molecule has 0 aromatic carbocycles. The van der Waals surface area contributed by atoms with E-state index in [1.165, 1.54) is 17.1 Å². The molecule has 0 spiro atoms. The van der Waals surface area contributed by atoms with Crippen molar-refractivity contribution in [2.75, 3.05) is 0 Å². The number of rotatable bonds is 2. The maximum absolute atomic E-state index is 12.1. The fourth-order valence-corrected chi connectivity index (χ4v) is 2.56. The third-order valence-electron chi connectivity index (χ3n) is 2.89. The smallest absolute Gasteiger partial charge is 0.193 e. The fraction of sp³-hybridized carbons (Fsp3) is 0.273. The lowest BCUT2D eigenvalue weighted by Crippen LogP contribution is -2.11. The van der Waals surface area contributed by atoms with Gasteiger partial charge < -0.3 is 0 Å². The fourth-order valence-electron chi connectivity index (χ4n) is 2.12. The Morgan fingerprint density at radius 1 is 1.50 bits per heavy atom. The molecule has 2 aromatic rings. The van der Waals surface area contributed by atoms with Gasteiger partial charge in [-0.15, -0.1) is 5.10 Å². The topological polar surface area (TPSA) is 55.7 Å². The number of carbonyl (C=O) groups is 1. The van der Waals surface area contributed by atoms with Crippen LogP contribution in [0.15, 0.2) is 23.7 Å². The normalized spacial score (nSPS) is 18.4. The number of ketones is 1. The Balaban J connectivity index is 1.96. The Bertz CT molecular complexity index is 524. The van der Waals surface area contributed by atoms with Gasteiger partial charge in [0, 0.05) is 11.6 Å². The van der Waals surface area contributed by atoms with Gasteiger partial charge in [0.15, 0.2) is 5.78 Å². The number of hydrogen-bond acceptors (Lipinski definition) is 5. The van der Waals surface area contributed by atoms with Gasteiger partial charge in [-0.1, -0.05) is 10.6 Å². The highest BCUT2D eigenvalue weighted by atomic mass is 32.1. The average molecular weight is 231 g/mol. The highest BCUT2D eigenvalue weighted by molar-refractivity contribution is 7.03. The standard InChI is InChI=1S/C11H9N3OS/c15-11(9-6-16-14-13-9)8-4-3-7-2-1-5-12-10(7)8/h1-2,5-6,8H,3-4H2. The quantitative estimate of drug-likeness (QED) is 0.740. The Labute approximate surface area is 96.5 Å². The Kier molecular flexibility index (Phi) is 2.25. The molecule has 2 aromatic heterocycles. The maximum atomic E-state index is 12.1. The van der Waals surface area contributed by atoms with Crippen LogP contribution in [0.1, 0.15) is 34.1 Å². The van der Waals surface area contributed by atoms with Crippen LogP contribution >= 0.6 is 11.5 Å². The van der Waals surface area contributed by atoms with E-state index >= 15 is 0 Å². The molecule has 0 bridgehead atoms. The third-order valence-corrected chi connectivity index (χ3v) is 3.39. The number of aryl methyl sites for hydroxylation is 1. The van der Waals surface area contributed by atoms with E-state index in [4.69, 9.17) is 0 Å². The summed E-state index contributed by atoms with van der Waals surface area (Å²) in [6, 6.07) is 3.95. The van der Waals surface area contributed by atoms with Crippen LogP contribution in [0, 0.1) is 0 Å². The minimum Gasteiger partial charge on any atom is -0.292 e. The first-order valence-electron chi connectivity index (χ1n) is 5.11. The molecule has 0 fully saturated rings. The Hall–Kier alpha value is -1.62. The lowest BCUT2D eigenvalue weighted by Gasteiger charge is -2.06. The highest BCUT2D eigenvalue weighted by Gasteiger charge is 2.31. The first-order valence-corrected chi connectivity index (χ1v) is 5.95. The number of Topliss-reactive ketones (excluding diaryl/α,β-unsaturated/α-hetero) is 1. The van der Waals surface area contributed by atoms with Gasteiger partial charge in [-0.05, 0) is 36.0 Å². The highest BCUT2D eigenvalue weighted by Crippen LogP contribution is 2.33. The van der Waals surface area contributed by atoms with Gasteiger partial charge in [0.2, 0.25) is 0 Å². The summed E-state index contributed by atoms with van der Waals surface area (Å²) in [5, 5.41) is 5.52. The number of nitrogens with zero attached hydrogens (tertiary/aromatic N) is 3. The second kappa shape index (κ2) is 3.75. The Morgan fingerprint density at radius 2 is 2.44 bits per heavy atom. The second-order valence-electron chi connectivity index (χ2n) is 3.79. The van der Waals surface area contributed by atoms with E-state index in [1.54, 1.807) is 11.6 Å². The van der Waals surface area contributed by atoms with Gasteiger partial charge >= 0.3 is 0 Å². The summed E-state index contributed by atoms with van der Waals surface area (Å²) in [7, 11) is 0. The predicted octanol–water partition coefficient (Wildman–Crippen LogP) is 1.85. The molecule has 1 unspecified atom stereocenters. The second-order valence-corrected chi connectivity index (χ2v) is 4.40. The summed E-state index contributed by atoms with van der Waals surface area (Å²) in [6.45, 7) is 0. The molecule has 1 aliphatic carbocycles. The van der Waals surface area contributed by atoms with Gasteiger partial charge in [0.1, 0.15) is 5.69 Å². The van der Waals surface area contributed by atoms with Crippen molar-refractivity contribution < 1.29 is 4.79 Å². The molecule has 0 saturated carbocycles. The summed E-state index contributed by atoms with van der Waals surface area (Å²) in [5.74, 6) is -0.0775. The molecule has 2 heterocycles. The minimum atomic E-state index is -0.125. The molecular formula is C11H9N3OS. The molecule has 5 heteroatoms.